The number of aromatic nitrogens is 3. The molecule has 1 N–H and O–H groups in total. The first-order valence-corrected chi connectivity index (χ1v) is 6.55. The van der Waals surface area contributed by atoms with Gasteiger partial charge in [-0.15, -0.1) is 0 Å². The van der Waals surface area contributed by atoms with Crippen molar-refractivity contribution < 1.29 is 9.53 Å². The maximum Gasteiger partial charge on any atom is 0.351 e. The number of ether oxygens (including phenoxy) is 1. The normalized spacial score (nSPS) is 10.3. The quantitative estimate of drug-likeness (QED) is 0.873. The van der Waals surface area contributed by atoms with E-state index in [1.54, 1.807) is 12.4 Å². The second kappa shape index (κ2) is 5.94. The summed E-state index contributed by atoms with van der Waals surface area (Å²) in [5.74, 6) is -0.495. The van der Waals surface area contributed by atoms with E-state index in [9.17, 15) is 4.79 Å². The topological polar surface area (TPSA) is 77.0 Å². The summed E-state index contributed by atoms with van der Waals surface area (Å²) in [5, 5.41) is 3.70. The minimum Gasteiger partial charge on any atom is -0.465 e. The molecule has 6 nitrogen and oxygen atoms in total. The Morgan fingerprint density at radius 2 is 2.26 bits per heavy atom. The van der Waals surface area contributed by atoms with E-state index in [1.165, 1.54) is 7.11 Å². The fourth-order valence-corrected chi connectivity index (χ4v) is 2.37. The molecule has 0 aliphatic heterocycles. The van der Waals surface area contributed by atoms with Crippen LogP contribution in [0.15, 0.2) is 12.4 Å². The van der Waals surface area contributed by atoms with Gasteiger partial charge >= 0.3 is 5.97 Å². The molecule has 8 heteroatoms. The van der Waals surface area contributed by atoms with Crippen molar-refractivity contribution in [3.05, 3.63) is 33.8 Å². The maximum absolute atomic E-state index is 11.4. The standard InChI is InChI=1S/C11H11ClN4O2S/c1-6-3-14-7(4-13-6)5-15-11-16-9(12)8(19-11)10(17)18-2/h3-4H,5H2,1-2H3,(H,15,16). The van der Waals surface area contributed by atoms with E-state index in [1.807, 2.05) is 6.92 Å². The molecule has 0 spiro atoms. The molecule has 100 valence electrons. The smallest absolute Gasteiger partial charge is 0.351 e. The number of aryl methyl sites for hydroxylation is 1. The summed E-state index contributed by atoms with van der Waals surface area (Å²) in [6.45, 7) is 2.32. The predicted octanol–water partition coefficient (Wildman–Crippen LogP) is 2.29. The fraction of sp³-hybridized carbons (Fsp3) is 0.273. The van der Waals surface area contributed by atoms with Gasteiger partial charge in [-0.1, -0.05) is 22.9 Å². The van der Waals surface area contributed by atoms with Crippen LogP contribution in [-0.2, 0) is 11.3 Å². The molecule has 0 atom stereocenters. The number of methoxy groups -OCH3 is 1. The maximum atomic E-state index is 11.4. The monoisotopic (exact) mass is 298 g/mol. The number of hydrogen-bond acceptors (Lipinski definition) is 7. The highest BCUT2D eigenvalue weighted by Gasteiger charge is 2.17. The van der Waals surface area contributed by atoms with Crippen LogP contribution in [0.25, 0.3) is 0 Å². The van der Waals surface area contributed by atoms with Gasteiger partial charge in [0.25, 0.3) is 0 Å². The van der Waals surface area contributed by atoms with Crippen molar-refractivity contribution in [2.45, 2.75) is 13.5 Å². The second-order valence-electron chi connectivity index (χ2n) is 3.63. The average Bonchev–Trinajstić information content (AvgIpc) is 2.78. The SMILES string of the molecule is COC(=O)c1sc(NCc2cnc(C)cn2)nc1Cl. The van der Waals surface area contributed by atoms with E-state index in [-0.39, 0.29) is 10.0 Å². The summed E-state index contributed by atoms with van der Waals surface area (Å²) < 4.78 is 4.60. The number of anilines is 1. The van der Waals surface area contributed by atoms with Crippen molar-refractivity contribution in [2.75, 3.05) is 12.4 Å². The molecule has 2 aromatic rings. The lowest BCUT2D eigenvalue weighted by Gasteiger charge is -2.01. The summed E-state index contributed by atoms with van der Waals surface area (Å²) in [6.07, 6.45) is 3.37. The van der Waals surface area contributed by atoms with Crippen molar-refractivity contribution in [1.82, 2.24) is 15.0 Å². The molecule has 0 aliphatic rings. The van der Waals surface area contributed by atoms with Gasteiger partial charge in [0.1, 0.15) is 0 Å². The first kappa shape index (κ1) is 13.7. The molecule has 0 unspecified atom stereocenters. The summed E-state index contributed by atoms with van der Waals surface area (Å²) in [6, 6.07) is 0. The van der Waals surface area contributed by atoms with Gasteiger partial charge in [0.15, 0.2) is 15.2 Å². The molecule has 0 bridgehead atoms. The molecule has 19 heavy (non-hydrogen) atoms. The summed E-state index contributed by atoms with van der Waals surface area (Å²) in [5.41, 5.74) is 1.63. The number of halogens is 1. The number of nitrogens with one attached hydrogen (secondary N) is 1. The molecule has 0 saturated carbocycles. The fourth-order valence-electron chi connectivity index (χ4n) is 1.27. The number of carbonyl (C=O) groups is 1. The number of hydrogen-bond donors (Lipinski definition) is 1. The third-order valence-corrected chi connectivity index (χ3v) is 3.59. The Hall–Kier alpha value is -1.73. The van der Waals surface area contributed by atoms with Crippen LogP contribution in [0.2, 0.25) is 5.15 Å². The Morgan fingerprint density at radius 1 is 1.47 bits per heavy atom. The largest absolute Gasteiger partial charge is 0.465 e. The lowest BCUT2D eigenvalue weighted by molar-refractivity contribution is 0.0606. The van der Waals surface area contributed by atoms with Gasteiger partial charge < -0.3 is 10.1 Å². The van der Waals surface area contributed by atoms with Gasteiger partial charge in [-0.05, 0) is 6.92 Å². The summed E-state index contributed by atoms with van der Waals surface area (Å²) >= 11 is 6.99. The molecule has 0 saturated heterocycles. The molecular weight excluding hydrogens is 288 g/mol. The van der Waals surface area contributed by atoms with Crippen molar-refractivity contribution in [3.8, 4) is 0 Å². The van der Waals surface area contributed by atoms with Gasteiger partial charge in [-0.25, -0.2) is 9.78 Å². The molecule has 0 aliphatic carbocycles. The molecule has 2 rings (SSSR count). The van der Waals surface area contributed by atoms with Crippen molar-refractivity contribution in [3.63, 3.8) is 0 Å². The first-order chi connectivity index (χ1) is 9.10. The van der Waals surface area contributed by atoms with E-state index in [2.05, 4.69) is 25.0 Å². The van der Waals surface area contributed by atoms with Gasteiger partial charge in [-0.2, -0.15) is 0 Å². The highest BCUT2D eigenvalue weighted by molar-refractivity contribution is 7.18. The van der Waals surface area contributed by atoms with Crippen molar-refractivity contribution in [2.24, 2.45) is 0 Å². The third-order valence-electron chi connectivity index (χ3n) is 2.21. The highest BCUT2D eigenvalue weighted by Crippen LogP contribution is 2.27. The Morgan fingerprint density at radius 3 is 2.89 bits per heavy atom. The van der Waals surface area contributed by atoms with Crippen LogP contribution >= 0.6 is 22.9 Å². The van der Waals surface area contributed by atoms with E-state index < -0.39 is 5.97 Å². The minimum atomic E-state index is -0.495. The summed E-state index contributed by atoms with van der Waals surface area (Å²) in [4.78, 5) is 24.0. The molecule has 2 aromatic heterocycles. The van der Waals surface area contributed by atoms with E-state index in [0.717, 1.165) is 22.7 Å². The number of carbonyl (C=O) groups excluding carboxylic acids is 1. The van der Waals surface area contributed by atoms with Gasteiger partial charge in [0, 0.05) is 6.20 Å². The Labute approximate surface area is 118 Å². The highest BCUT2D eigenvalue weighted by atomic mass is 35.5. The van der Waals surface area contributed by atoms with Crippen molar-refractivity contribution >= 4 is 34.0 Å². The molecule has 0 radical (unpaired) electrons. The Kier molecular flexibility index (Phi) is 4.28. The van der Waals surface area contributed by atoms with Crippen LogP contribution in [0.5, 0.6) is 0 Å². The van der Waals surface area contributed by atoms with Crippen LogP contribution in [-0.4, -0.2) is 28.0 Å². The minimum absolute atomic E-state index is 0.134. The third kappa shape index (κ3) is 3.39. The molecule has 2 heterocycles. The van der Waals surface area contributed by atoms with Crippen LogP contribution < -0.4 is 5.32 Å². The second-order valence-corrected chi connectivity index (χ2v) is 4.99. The van der Waals surface area contributed by atoms with E-state index >= 15 is 0 Å². The lowest BCUT2D eigenvalue weighted by Crippen LogP contribution is -2.02. The number of thiazole rings is 1. The van der Waals surface area contributed by atoms with Crippen LogP contribution in [0.4, 0.5) is 5.13 Å². The molecular formula is C11H11ClN4O2S. The predicted molar refractivity (Wildman–Crippen MR) is 72.6 cm³/mol. The number of rotatable bonds is 4. The van der Waals surface area contributed by atoms with E-state index in [4.69, 9.17) is 11.6 Å². The van der Waals surface area contributed by atoms with Gasteiger partial charge in [-0.3, -0.25) is 9.97 Å². The molecule has 0 fully saturated rings. The zero-order valence-corrected chi connectivity index (χ0v) is 11.9. The van der Waals surface area contributed by atoms with Crippen molar-refractivity contribution in [1.29, 1.82) is 0 Å². The Bertz CT molecular complexity index is 585. The van der Waals surface area contributed by atoms with Crippen LogP contribution in [0.3, 0.4) is 0 Å². The van der Waals surface area contributed by atoms with Crippen LogP contribution in [0.1, 0.15) is 21.1 Å². The number of nitrogens with zero attached hydrogens (tertiary/aromatic N) is 3. The zero-order valence-electron chi connectivity index (χ0n) is 10.3. The van der Waals surface area contributed by atoms with Gasteiger partial charge in [0.05, 0.1) is 31.2 Å². The Balaban J connectivity index is 2.04. The van der Waals surface area contributed by atoms with Gasteiger partial charge in [0.2, 0.25) is 0 Å². The number of esters is 1. The zero-order chi connectivity index (χ0) is 13.8. The first-order valence-electron chi connectivity index (χ1n) is 5.36. The lowest BCUT2D eigenvalue weighted by atomic mass is 10.4. The van der Waals surface area contributed by atoms with Crippen LogP contribution in [0, 0.1) is 6.92 Å². The average molecular weight is 299 g/mol. The molecule has 0 amide bonds. The van der Waals surface area contributed by atoms with E-state index in [0.29, 0.717) is 11.7 Å². The summed E-state index contributed by atoms with van der Waals surface area (Å²) in [7, 11) is 1.30. The molecule has 0 aromatic carbocycles.